The number of hydrogen-bond acceptors (Lipinski definition) is 1. The van der Waals surface area contributed by atoms with Gasteiger partial charge in [-0.3, -0.25) is 4.90 Å². The predicted molar refractivity (Wildman–Crippen MR) is 76.9 cm³/mol. The van der Waals surface area contributed by atoms with Gasteiger partial charge in [-0.25, -0.2) is 0 Å². The Morgan fingerprint density at radius 3 is 2.41 bits per heavy atom. The maximum absolute atomic E-state index is 6.03. The Labute approximate surface area is 115 Å². The van der Waals surface area contributed by atoms with Crippen molar-refractivity contribution in [2.45, 2.75) is 46.2 Å². The zero-order chi connectivity index (χ0) is 12.8. The molecular formula is C14H21Cl2N. The van der Waals surface area contributed by atoms with Gasteiger partial charge in [0, 0.05) is 12.6 Å². The third-order valence-corrected chi connectivity index (χ3v) is 3.64. The molecule has 0 aliphatic carbocycles. The SMILES string of the molecule is CCCCN(Cc1ccc(Cl)c(Cl)c1)C(C)C. The Balaban J connectivity index is 2.68. The van der Waals surface area contributed by atoms with Gasteiger partial charge >= 0.3 is 0 Å². The molecule has 0 aromatic heterocycles. The molecule has 0 fully saturated rings. The van der Waals surface area contributed by atoms with E-state index >= 15 is 0 Å². The van der Waals surface area contributed by atoms with Gasteiger partial charge in [-0.15, -0.1) is 0 Å². The second-order valence-corrected chi connectivity index (χ2v) is 5.48. The van der Waals surface area contributed by atoms with E-state index in [0.29, 0.717) is 16.1 Å². The van der Waals surface area contributed by atoms with Crippen LogP contribution in [0, 0.1) is 0 Å². The molecular weight excluding hydrogens is 253 g/mol. The normalized spacial score (nSPS) is 11.5. The number of unbranched alkanes of at least 4 members (excludes halogenated alkanes) is 1. The van der Waals surface area contributed by atoms with Crippen LogP contribution >= 0.6 is 23.2 Å². The van der Waals surface area contributed by atoms with E-state index in [4.69, 9.17) is 23.2 Å². The summed E-state index contributed by atoms with van der Waals surface area (Å²) in [5, 5.41) is 1.27. The molecule has 0 radical (unpaired) electrons. The number of halogens is 2. The van der Waals surface area contributed by atoms with Crippen LogP contribution < -0.4 is 0 Å². The van der Waals surface area contributed by atoms with Crippen molar-refractivity contribution in [3.8, 4) is 0 Å². The molecule has 1 aromatic carbocycles. The molecule has 0 bridgehead atoms. The minimum atomic E-state index is 0.552. The quantitative estimate of drug-likeness (QED) is 0.705. The minimum Gasteiger partial charge on any atom is -0.297 e. The molecule has 0 N–H and O–H groups in total. The first kappa shape index (κ1) is 14.8. The van der Waals surface area contributed by atoms with Crippen LogP contribution in [0.2, 0.25) is 10.0 Å². The zero-order valence-electron chi connectivity index (χ0n) is 10.8. The summed E-state index contributed by atoms with van der Waals surface area (Å²) >= 11 is 11.9. The first-order valence-corrected chi connectivity index (χ1v) is 6.98. The Morgan fingerprint density at radius 1 is 1.18 bits per heavy atom. The van der Waals surface area contributed by atoms with Crippen LogP contribution in [-0.4, -0.2) is 17.5 Å². The highest BCUT2D eigenvalue weighted by Gasteiger charge is 2.10. The first-order chi connectivity index (χ1) is 8.04. The molecule has 0 aliphatic heterocycles. The monoisotopic (exact) mass is 273 g/mol. The molecule has 0 atom stereocenters. The molecule has 3 heteroatoms. The van der Waals surface area contributed by atoms with E-state index in [2.05, 4.69) is 31.7 Å². The Hall–Kier alpha value is -0.240. The van der Waals surface area contributed by atoms with Gasteiger partial charge in [0.15, 0.2) is 0 Å². The Kier molecular flexibility index (Phi) is 6.32. The molecule has 17 heavy (non-hydrogen) atoms. The first-order valence-electron chi connectivity index (χ1n) is 6.22. The van der Waals surface area contributed by atoms with E-state index in [1.807, 2.05) is 12.1 Å². The van der Waals surface area contributed by atoms with E-state index < -0.39 is 0 Å². The summed E-state index contributed by atoms with van der Waals surface area (Å²) < 4.78 is 0. The van der Waals surface area contributed by atoms with E-state index in [9.17, 15) is 0 Å². The molecule has 1 rings (SSSR count). The molecule has 96 valence electrons. The van der Waals surface area contributed by atoms with Crippen LogP contribution in [0.4, 0.5) is 0 Å². The topological polar surface area (TPSA) is 3.24 Å². The van der Waals surface area contributed by atoms with Crippen LogP contribution in [0.25, 0.3) is 0 Å². The van der Waals surface area contributed by atoms with Crippen molar-refractivity contribution in [3.05, 3.63) is 33.8 Å². The van der Waals surface area contributed by atoms with Crippen molar-refractivity contribution in [1.29, 1.82) is 0 Å². The van der Waals surface area contributed by atoms with Gasteiger partial charge in [-0.05, 0) is 44.5 Å². The fourth-order valence-corrected chi connectivity index (χ4v) is 2.07. The van der Waals surface area contributed by atoms with Gasteiger partial charge in [-0.2, -0.15) is 0 Å². The van der Waals surface area contributed by atoms with Gasteiger partial charge in [0.05, 0.1) is 10.0 Å². The van der Waals surface area contributed by atoms with Crippen molar-refractivity contribution in [3.63, 3.8) is 0 Å². The Morgan fingerprint density at radius 2 is 1.88 bits per heavy atom. The lowest BCUT2D eigenvalue weighted by Crippen LogP contribution is -2.31. The maximum atomic E-state index is 6.03. The third kappa shape index (κ3) is 4.87. The van der Waals surface area contributed by atoms with Crippen molar-refractivity contribution in [2.75, 3.05) is 6.54 Å². The summed E-state index contributed by atoms with van der Waals surface area (Å²) in [4.78, 5) is 2.46. The molecule has 1 nitrogen and oxygen atoms in total. The second-order valence-electron chi connectivity index (χ2n) is 4.67. The number of benzene rings is 1. The standard InChI is InChI=1S/C14H21Cl2N/c1-4-5-8-17(11(2)3)10-12-6-7-13(15)14(16)9-12/h6-7,9,11H,4-5,8,10H2,1-3H3. The average molecular weight is 274 g/mol. The lowest BCUT2D eigenvalue weighted by molar-refractivity contribution is 0.209. The molecule has 0 unspecified atom stereocenters. The van der Waals surface area contributed by atoms with Crippen molar-refractivity contribution < 1.29 is 0 Å². The van der Waals surface area contributed by atoms with Crippen molar-refractivity contribution >= 4 is 23.2 Å². The minimum absolute atomic E-state index is 0.552. The van der Waals surface area contributed by atoms with Crippen LogP contribution in [0.1, 0.15) is 39.2 Å². The number of hydrogen-bond donors (Lipinski definition) is 0. The molecule has 1 aromatic rings. The summed E-state index contributed by atoms with van der Waals surface area (Å²) in [7, 11) is 0. The lowest BCUT2D eigenvalue weighted by Gasteiger charge is -2.26. The van der Waals surface area contributed by atoms with Gasteiger partial charge in [0.25, 0.3) is 0 Å². The largest absolute Gasteiger partial charge is 0.297 e. The molecule has 0 saturated carbocycles. The summed E-state index contributed by atoms with van der Waals surface area (Å²) in [5.74, 6) is 0. The fourth-order valence-electron chi connectivity index (χ4n) is 1.75. The zero-order valence-corrected chi connectivity index (χ0v) is 12.4. The summed E-state index contributed by atoms with van der Waals surface area (Å²) in [6.07, 6.45) is 2.46. The summed E-state index contributed by atoms with van der Waals surface area (Å²) in [5.41, 5.74) is 1.23. The molecule has 0 amide bonds. The van der Waals surface area contributed by atoms with Gasteiger partial charge < -0.3 is 0 Å². The van der Waals surface area contributed by atoms with Crippen LogP contribution in [0.5, 0.6) is 0 Å². The Bertz CT molecular complexity index is 350. The van der Waals surface area contributed by atoms with E-state index in [-0.39, 0.29) is 0 Å². The van der Waals surface area contributed by atoms with Crippen LogP contribution in [0.15, 0.2) is 18.2 Å². The van der Waals surface area contributed by atoms with Gasteiger partial charge in [-0.1, -0.05) is 42.6 Å². The highest BCUT2D eigenvalue weighted by atomic mass is 35.5. The van der Waals surface area contributed by atoms with Crippen LogP contribution in [-0.2, 0) is 6.54 Å². The molecule has 0 heterocycles. The smallest absolute Gasteiger partial charge is 0.0595 e. The highest BCUT2D eigenvalue weighted by Crippen LogP contribution is 2.23. The number of nitrogens with zero attached hydrogens (tertiary/aromatic N) is 1. The third-order valence-electron chi connectivity index (χ3n) is 2.90. The van der Waals surface area contributed by atoms with Crippen molar-refractivity contribution in [2.24, 2.45) is 0 Å². The second kappa shape index (κ2) is 7.25. The van der Waals surface area contributed by atoms with Crippen LogP contribution in [0.3, 0.4) is 0 Å². The fraction of sp³-hybridized carbons (Fsp3) is 0.571. The van der Waals surface area contributed by atoms with E-state index in [1.165, 1.54) is 18.4 Å². The van der Waals surface area contributed by atoms with Gasteiger partial charge in [0.1, 0.15) is 0 Å². The molecule has 0 aliphatic rings. The van der Waals surface area contributed by atoms with E-state index in [1.54, 1.807) is 0 Å². The number of rotatable bonds is 6. The molecule has 0 spiro atoms. The maximum Gasteiger partial charge on any atom is 0.0595 e. The molecule has 0 saturated heterocycles. The lowest BCUT2D eigenvalue weighted by atomic mass is 10.1. The summed E-state index contributed by atoms with van der Waals surface area (Å²) in [6.45, 7) is 8.75. The van der Waals surface area contributed by atoms with Crippen molar-refractivity contribution in [1.82, 2.24) is 4.90 Å². The predicted octanol–water partition coefficient (Wildman–Crippen LogP) is 5.00. The van der Waals surface area contributed by atoms with Gasteiger partial charge in [0.2, 0.25) is 0 Å². The average Bonchev–Trinajstić information content (AvgIpc) is 2.28. The van der Waals surface area contributed by atoms with E-state index in [0.717, 1.165) is 13.1 Å². The highest BCUT2D eigenvalue weighted by molar-refractivity contribution is 6.42. The summed E-state index contributed by atoms with van der Waals surface area (Å²) in [6, 6.07) is 6.44.